The highest BCUT2D eigenvalue weighted by atomic mass is 16.3. The summed E-state index contributed by atoms with van der Waals surface area (Å²) in [6.45, 7) is 2.14. The van der Waals surface area contributed by atoms with Gasteiger partial charge in [0.05, 0.1) is 6.61 Å². The number of aliphatic hydroxyl groups excluding tert-OH is 1. The first-order valence-corrected chi connectivity index (χ1v) is 4.23. The SMILES string of the molecule is CCC(N)c1cccc(CO)c1. The molecule has 1 aromatic carbocycles. The molecule has 0 aromatic heterocycles. The minimum Gasteiger partial charge on any atom is -0.392 e. The third kappa shape index (κ3) is 2.06. The van der Waals surface area contributed by atoms with Crippen LogP contribution in [-0.4, -0.2) is 5.11 Å². The van der Waals surface area contributed by atoms with Gasteiger partial charge in [-0.2, -0.15) is 0 Å². The van der Waals surface area contributed by atoms with Crippen LogP contribution in [0.25, 0.3) is 0 Å². The number of nitrogens with two attached hydrogens (primary N) is 1. The van der Waals surface area contributed by atoms with Gasteiger partial charge in [0, 0.05) is 6.04 Å². The van der Waals surface area contributed by atoms with Gasteiger partial charge < -0.3 is 10.8 Å². The van der Waals surface area contributed by atoms with Crippen molar-refractivity contribution in [3.63, 3.8) is 0 Å². The molecule has 0 heterocycles. The van der Waals surface area contributed by atoms with E-state index in [1.54, 1.807) is 0 Å². The zero-order chi connectivity index (χ0) is 8.97. The van der Waals surface area contributed by atoms with Gasteiger partial charge in [-0.15, -0.1) is 0 Å². The lowest BCUT2D eigenvalue weighted by Crippen LogP contribution is -2.08. The van der Waals surface area contributed by atoms with E-state index in [2.05, 4.69) is 6.92 Å². The molecule has 66 valence electrons. The van der Waals surface area contributed by atoms with Crippen molar-refractivity contribution in [2.45, 2.75) is 26.0 Å². The second-order valence-electron chi connectivity index (χ2n) is 2.92. The monoisotopic (exact) mass is 165 g/mol. The third-order valence-electron chi connectivity index (χ3n) is 2.00. The van der Waals surface area contributed by atoms with E-state index in [4.69, 9.17) is 10.8 Å². The van der Waals surface area contributed by atoms with Crippen molar-refractivity contribution in [3.05, 3.63) is 35.4 Å². The predicted molar refractivity (Wildman–Crippen MR) is 49.6 cm³/mol. The molecular weight excluding hydrogens is 150 g/mol. The summed E-state index contributed by atoms with van der Waals surface area (Å²) in [4.78, 5) is 0. The van der Waals surface area contributed by atoms with Gasteiger partial charge in [-0.25, -0.2) is 0 Å². The van der Waals surface area contributed by atoms with Gasteiger partial charge in [0.1, 0.15) is 0 Å². The first-order chi connectivity index (χ1) is 5.77. The summed E-state index contributed by atoms with van der Waals surface area (Å²) in [7, 11) is 0. The smallest absolute Gasteiger partial charge is 0.0681 e. The Bertz CT molecular complexity index is 247. The average Bonchev–Trinajstić information content (AvgIpc) is 2.17. The summed E-state index contributed by atoms with van der Waals surface area (Å²) < 4.78 is 0. The van der Waals surface area contributed by atoms with E-state index in [1.165, 1.54) is 0 Å². The zero-order valence-corrected chi connectivity index (χ0v) is 7.33. The van der Waals surface area contributed by atoms with Gasteiger partial charge in [-0.1, -0.05) is 31.2 Å². The molecule has 0 saturated heterocycles. The fourth-order valence-electron chi connectivity index (χ4n) is 1.16. The lowest BCUT2D eigenvalue weighted by Gasteiger charge is -2.09. The van der Waals surface area contributed by atoms with Crippen LogP contribution in [0, 0.1) is 0 Å². The normalized spacial score (nSPS) is 12.9. The van der Waals surface area contributed by atoms with Crippen molar-refractivity contribution < 1.29 is 5.11 Å². The van der Waals surface area contributed by atoms with Crippen LogP contribution in [0.1, 0.15) is 30.5 Å². The summed E-state index contributed by atoms with van der Waals surface area (Å²) in [6, 6.07) is 7.86. The largest absolute Gasteiger partial charge is 0.392 e. The van der Waals surface area contributed by atoms with Crippen LogP contribution in [0.5, 0.6) is 0 Å². The van der Waals surface area contributed by atoms with Gasteiger partial charge in [0.2, 0.25) is 0 Å². The third-order valence-corrected chi connectivity index (χ3v) is 2.00. The summed E-state index contributed by atoms with van der Waals surface area (Å²) in [5.41, 5.74) is 7.86. The summed E-state index contributed by atoms with van der Waals surface area (Å²) in [6.07, 6.45) is 0.925. The first-order valence-electron chi connectivity index (χ1n) is 4.23. The Morgan fingerprint density at radius 2 is 2.25 bits per heavy atom. The molecule has 0 saturated carbocycles. The number of rotatable bonds is 3. The van der Waals surface area contributed by atoms with Gasteiger partial charge in [-0.05, 0) is 17.5 Å². The van der Waals surface area contributed by atoms with Crippen LogP contribution in [0.15, 0.2) is 24.3 Å². The maximum atomic E-state index is 8.88. The molecular formula is C10H15NO. The highest BCUT2D eigenvalue weighted by molar-refractivity contribution is 5.25. The standard InChI is InChI=1S/C10H15NO/c1-2-10(11)9-5-3-4-8(6-9)7-12/h3-6,10,12H,2,7,11H2,1H3. The number of hydrogen-bond acceptors (Lipinski definition) is 2. The Balaban J connectivity index is 2.86. The molecule has 1 unspecified atom stereocenters. The fourth-order valence-corrected chi connectivity index (χ4v) is 1.16. The number of benzene rings is 1. The van der Waals surface area contributed by atoms with Gasteiger partial charge >= 0.3 is 0 Å². The Morgan fingerprint density at radius 1 is 1.50 bits per heavy atom. The van der Waals surface area contributed by atoms with Crippen molar-refractivity contribution in [1.82, 2.24) is 0 Å². The Labute approximate surface area is 73.0 Å². The molecule has 2 heteroatoms. The van der Waals surface area contributed by atoms with E-state index in [-0.39, 0.29) is 12.6 Å². The number of hydrogen-bond donors (Lipinski definition) is 2. The summed E-state index contributed by atoms with van der Waals surface area (Å²) >= 11 is 0. The van der Waals surface area contributed by atoms with Crippen LogP contribution in [0.3, 0.4) is 0 Å². The molecule has 1 aromatic rings. The van der Waals surface area contributed by atoms with Crippen molar-refractivity contribution in [2.75, 3.05) is 0 Å². The molecule has 0 bridgehead atoms. The maximum Gasteiger partial charge on any atom is 0.0681 e. The van der Waals surface area contributed by atoms with Crippen molar-refractivity contribution >= 4 is 0 Å². The van der Waals surface area contributed by atoms with E-state index >= 15 is 0 Å². The van der Waals surface area contributed by atoms with Crippen LogP contribution in [0.4, 0.5) is 0 Å². The zero-order valence-electron chi connectivity index (χ0n) is 7.33. The van der Waals surface area contributed by atoms with E-state index in [0.29, 0.717) is 0 Å². The van der Waals surface area contributed by atoms with Gasteiger partial charge in [0.25, 0.3) is 0 Å². The van der Waals surface area contributed by atoms with E-state index in [0.717, 1.165) is 17.5 Å². The second kappa shape index (κ2) is 4.24. The fraction of sp³-hybridized carbons (Fsp3) is 0.400. The van der Waals surface area contributed by atoms with Crippen LogP contribution in [-0.2, 0) is 6.61 Å². The summed E-state index contributed by atoms with van der Waals surface area (Å²) in [5.74, 6) is 0. The van der Waals surface area contributed by atoms with Crippen LogP contribution in [0.2, 0.25) is 0 Å². The minimum atomic E-state index is 0.0876. The molecule has 1 rings (SSSR count). The lowest BCUT2D eigenvalue weighted by atomic mass is 10.0. The topological polar surface area (TPSA) is 46.2 Å². The van der Waals surface area contributed by atoms with Gasteiger partial charge in [-0.3, -0.25) is 0 Å². The molecule has 2 nitrogen and oxygen atoms in total. The first kappa shape index (κ1) is 9.23. The van der Waals surface area contributed by atoms with Crippen LogP contribution < -0.4 is 5.73 Å². The van der Waals surface area contributed by atoms with Gasteiger partial charge in [0.15, 0.2) is 0 Å². The lowest BCUT2D eigenvalue weighted by molar-refractivity contribution is 0.281. The Kier molecular flexibility index (Phi) is 3.26. The Hall–Kier alpha value is -0.860. The van der Waals surface area contributed by atoms with Crippen LogP contribution >= 0.6 is 0 Å². The van der Waals surface area contributed by atoms with Crippen molar-refractivity contribution in [3.8, 4) is 0 Å². The second-order valence-corrected chi connectivity index (χ2v) is 2.92. The quantitative estimate of drug-likeness (QED) is 0.714. The predicted octanol–water partition coefficient (Wildman–Crippen LogP) is 1.59. The molecule has 1 atom stereocenters. The minimum absolute atomic E-state index is 0.0876. The molecule has 3 N–H and O–H groups in total. The maximum absolute atomic E-state index is 8.88. The highest BCUT2D eigenvalue weighted by Gasteiger charge is 2.02. The van der Waals surface area contributed by atoms with E-state index in [9.17, 15) is 0 Å². The molecule has 0 spiro atoms. The Morgan fingerprint density at radius 3 is 2.83 bits per heavy atom. The van der Waals surface area contributed by atoms with Crippen molar-refractivity contribution in [1.29, 1.82) is 0 Å². The molecule has 0 radical (unpaired) electrons. The highest BCUT2D eigenvalue weighted by Crippen LogP contribution is 2.14. The summed E-state index contributed by atoms with van der Waals surface area (Å²) in [5, 5.41) is 8.88. The average molecular weight is 165 g/mol. The van der Waals surface area contributed by atoms with E-state index in [1.807, 2.05) is 24.3 Å². The molecule has 0 aliphatic heterocycles. The molecule has 0 aliphatic carbocycles. The molecule has 0 amide bonds. The van der Waals surface area contributed by atoms with Crippen molar-refractivity contribution in [2.24, 2.45) is 5.73 Å². The number of aliphatic hydroxyl groups is 1. The molecule has 12 heavy (non-hydrogen) atoms. The molecule has 0 aliphatic rings. The van der Waals surface area contributed by atoms with E-state index < -0.39 is 0 Å². The molecule has 0 fully saturated rings.